The number of hydrogen-bond acceptors (Lipinski definition) is 3. The lowest BCUT2D eigenvalue weighted by Crippen LogP contribution is -2.04. The molecule has 0 spiro atoms. The molecule has 3 nitrogen and oxygen atoms in total. The minimum absolute atomic E-state index is 0.00703. The standard InChI is InChI=1S/C16H19BrN2O/c1-4-14-16(7-5-10(2)19-14)20-15-8-6-12(11(3)18)9-13(15)17/h5-9,11H,4,18H2,1-3H3. The molecule has 0 bridgehead atoms. The molecule has 0 saturated heterocycles. The van der Waals surface area contributed by atoms with Gasteiger partial charge in [0.25, 0.3) is 0 Å². The Morgan fingerprint density at radius 2 is 1.95 bits per heavy atom. The highest BCUT2D eigenvalue weighted by Gasteiger charge is 2.09. The number of pyridine rings is 1. The largest absolute Gasteiger partial charge is 0.454 e. The van der Waals surface area contributed by atoms with Crippen LogP contribution in [0.1, 0.15) is 36.8 Å². The third kappa shape index (κ3) is 3.38. The van der Waals surface area contributed by atoms with Gasteiger partial charge in [-0.05, 0) is 66.0 Å². The van der Waals surface area contributed by atoms with E-state index in [9.17, 15) is 0 Å². The molecule has 106 valence electrons. The summed E-state index contributed by atoms with van der Waals surface area (Å²) in [6, 6.07) is 9.84. The van der Waals surface area contributed by atoms with Crippen molar-refractivity contribution in [3.05, 3.63) is 51.8 Å². The minimum atomic E-state index is 0.00703. The number of halogens is 1. The first-order valence-electron chi connectivity index (χ1n) is 6.70. The molecular weight excluding hydrogens is 316 g/mol. The number of ether oxygens (including phenoxy) is 1. The van der Waals surface area contributed by atoms with Gasteiger partial charge in [0.2, 0.25) is 0 Å². The molecule has 1 unspecified atom stereocenters. The summed E-state index contributed by atoms with van der Waals surface area (Å²) in [7, 11) is 0. The highest BCUT2D eigenvalue weighted by molar-refractivity contribution is 9.10. The van der Waals surface area contributed by atoms with Crippen LogP contribution in [0.2, 0.25) is 0 Å². The minimum Gasteiger partial charge on any atom is -0.454 e. The Kier molecular flexibility index (Phi) is 4.78. The van der Waals surface area contributed by atoms with Gasteiger partial charge < -0.3 is 10.5 Å². The van der Waals surface area contributed by atoms with Crippen molar-refractivity contribution in [1.29, 1.82) is 0 Å². The molecule has 4 heteroatoms. The van der Waals surface area contributed by atoms with E-state index in [2.05, 4.69) is 27.8 Å². The highest BCUT2D eigenvalue weighted by Crippen LogP contribution is 2.33. The topological polar surface area (TPSA) is 48.1 Å². The molecule has 1 heterocycles. The molecule has 2 rings (SSSR count). The predicted molar refractivity (Wildman–Crippen MR) is 85.2 cm³/mol. The third-order valence-corrected chi connectivity index (χ3v) is 3.73. The molecule has 1 atom stereocenters. The van der Waals surface area contributed by atoms with Crippen molar-refractivity contribution in [3.63, 3.8) is 0 Å². The van der Waals surface area contributed by atoms with Crippen LogP contribution in [0.15, 0.2) is 34.8 Å². The fourth-order valence-electron chi connectivity index (χ4n) is 1.95. The van der Waals surface area contributed by atoms with Crippen LogP contribution in [-0.2, 0) is 6.42 Å². The molecule has 2 N–H and O–H groups in total. The van der Waals surface area contributed by atoms with Crippen molar-refractivity contribution in [2.24, 2.45) is 5.73 Å². The maximum absolute atomic E-state index is 5.97. The Labute approximate surface area is 128 Å². The maximum atomic E-state index is 5.97. The number of aryl methyl sites for hydroxylation is 2. The number of nitrogens with two attached hydrogens (primary N) is 1. The normalized spacial score (nSPS) is 12.2. The Hall–Kier alpha value is -1.39. The van der Waals surface area contributed by atoms with Crippen molar-refractivity contribution in [3.8, 4) is 11.5 Å². The lowest BCUT2D eigenvalue weighted by Gasteiger charge is -2.13. The first-order valence-corrected chi connectivity index (χ1v) is 7.50. The molecular formula is C16H19BrN2O. The van der Waals surface area contributed by atoms with Crippen molar-refractivity contribution in [1.82, 2.24) is 4.98 Å². The molecule has 0 aliphatic heterocycles. The van der Waals surface area contributed by atoms with Crippen LogP contribution in [0.25, 0.3) is 0 Å². The van der Waals surface area contributed by atoms with Crippen LogP contribution in [0.3, 0.4) is 0 Å². The zero-order valence-electron chi connectivity index (χ0n) is 12.0. The van der Waals surface area contributed by atoms with Crippen LogP contribution in [0, 0.1) is 6.92 Å². The smallest absolute Gasteiger partial charge is 0.148 e. The Balaban J connectivity index is 2.30. The van der Waals surface area contributed by atoms with Crippen LogP contribution in [-0.4, -0.2) is 4.98 Å². The van der Waals surface area contributed by atoms with Gasteiger partial charge in [0, 0.05) is 11.7 Å². The van der Waals surface area contributed by atoms with Gasteiger partial charge in [-0.3, -0.25) is 4.98 Å². The fourth-order valence-corrected chi connectivity index (χ4v) is 2.42. The zero-order chi connectivity index (χ0) is 14.7. The Morgan fingerprint density at radius 3 is 2.55 bits per heavy atom. The molecule has 0 radical (unpaired) electrons. The van der Waals surface area contributed by atoms with Crippen LogP contribution < -0.4 is 10.5 Å². The fraction of sp³-hybridized carbons (Fsp3) is 0.312. The third-order valence-electron chi connectivity index (χ3n) is 3.11. The zero-order valence-corrected chi connectivity index (χ0v) is 13.6. The monoisotopic (exact) mass is 334 g/mol. The van der Waals surface area contributed by atoms with E-state index in [1.54, 1.807) is 0 Å². The summed E-state index contributed by atoms with van der Waals surface area (Å²) < 4.78 is 6.87. The quantitative estimate of drug-likeness (QED) is 0.893. The van der Waals surface area contributed by atoms with Crippen LogP contribution >= 0.6 is 15.9 Å². The second kappa shape index (κ2) is 6.37. The SMILES string of the molecule is CCc1nc(C)ccc1Oc1ccc(C(C)N)cc1Br. The summed E-state index contributed by atoms with van der Waals surface area (Å²) >= 11 is 3.53. The van der Waals surface area contributed by atoms with E-state index < -0.39 is 0 Å². The molecule has 2 aromatic rings. The van der Waals surface area contributed by atoms with Gasteiger partial charge in [0.15, 0.2) is 0 Å². The molecule has 0 fully saturated rings. The molecule has 1 aromatic carbocycles. The molecule has 0 aliphatic rings. The van der Waals surface area contributed by atoms with Crippen LogP contribution in [0.5, 0.6) is 11.5 Å². The van der Waals surface area contributed by atoms with Gasteiger partial charge in [-0.2, -0.15) is 0 Å². The molecule has 0 saturated carbocycles. The Morgan fingerprint density at radius 1 is 1.25 bits per heavy atom. The number of nitrogens with zero attached hydrogens (tertiary/aromatic N) is 1. The van der Waals surface area contributed by atoms with Crippen molar-refractivity contribution >= 4 is 15.9 Å². The van der Waals surface area contributed by atoms with Gasteiger partial charge in [-0.25, -0.2) is 0 Å². The summed E-state index contributed by atoms with van der Waals surface area (Å²) in [5, 5.41) is 0. The van der Waals surface area contributed by atoms with Crippen molar-refractivity contribution in [2.45, 2.75) is 33.2 Å². The molecule has 1 aromatic heterocycles. The predicted octanol–water partition coefficient (Wildman–Crippen LogP) is 4.53. The van der Waals surface area contributed by atoms with Crippen LogP contribution in [0.4, 0.5) is 0 Å². The molecule has 0 amide bonds. The Bertz CT molecular complexity index is 611. The number of benzene rings is 1. The summed E-state index contributed by atoms with van der Waals surface area (Å²) in [6.45, 7) is 6.01. The number of aromatic nitrogens is 1. The summed E-state index contributed by atoms with van der Waals surface area (Å²) in [5.74, 6) is 1.57. The molecule has 20 heavy (non-hydrogen) atoms. The summed E-state index contributed by atoms with van der Waals surface area (Å²) in [4.78, 5) is 4.50. The van der Waals surface area contributed by atoms with Gasteiger partial charge in [0.05, 0.1) is 10.2 Å². The second-order valence-electron chi connectivity index (χ2n) is 4.83. The van der Waals surface area contributed by atoms with E-state index in [0.717, 1.165) is 39.3 Å². The first-order chi connectivity index (χ1) is 9.51. The second-order valence-corrected chi connectivity index (χ2v) is 5.69. The van der Waals surface area contributed by atoms with Gasteiger partial charge in [-0.15, -0.1) is 0 Å². The summed E-state index contributed by atoms with van der Waals surface area (Å²) in [5.41, 5.74) is 8.91. The van der Waals surface area contributed by atoms with E-state index in [1.807, 2.05) is 44.2 Å². The average molecular weight is 335 g/mol. The van der Waals surface area contributed by atoms with Gasteiger partial charge in [0.1, 0.15) is 11.5 Å². The van der Waals surface area contributed by atoms with E-state index in [4.69, 9.17) is 10.5 Å². The average Bonchev–Trinajstić information content (AvgIpc) is 2.42. The number of hydrogen-bond donors (Lipinski definition) is 1. The number of rotatable bonds is 4. The van der Waals surface area contributed by atoms with E-state index >= 15 is 0 Å². The lowest BCUT2D eigenvalue weighted by molar-refractivity contribution is 0.469. The lowest BCUT2D eigenvalue weighted by atomic mass is 10.1. The van der Waals surface area contributed by atoms with E-state index in [0.29, 0.717) is 0 Å². The van der Waals surface area contributed by atoms with Crippen molar-refractivity contribution < 1.29 is 4.74 Å². The van der Waals surface area contributed by atoms with Gasteiger partial charge >= 0.3 is 0 Å². The van der Waals surface area contributed by atoms with E-state index in [-0.39, 0.29) is 6.04 Å². The molecule has 0 aliphatic carbocycles. The van der Waals surface area contributed by atoms with Crippen molar-refractivity contribution in [2.75, 3.05) is 0 Å². The highest BCUT2D eigenvalue weighted by atomic mass is 79.9. The first kappa shape index (κ1) is 15.0. The van der Waals surface area contributed by atoms with E-state index in [1.165, 1.54) is 0 Å². The van der Waals surface area contributed by atoms with Gasteiger partial charge in [-0.1, -0.05) is 13.0 Å². The summed E-state index contributed by atoms with van der Waals surface area (Å²) in [6.07, 6.45) is 0.840. The maximum Gasteiger partial charge on any atom is 0.148 e.